The lowest BCUT2D eigenvalue weighted by atomic mass is 10.1. The molecule has 0 amide bonds. The zero-order chi connectivity index (χ0) is 18.2. The number of hydrogen-bond acceptors (Lipinski definition) is 4. The monoisotopic (exact) mass is 408 g/mol. The second-order valence-corrected chi connectivity index (χ2v) is 6.24. The van der Waals surface area contributed by atoms with E-state index in [4.69, 9.17) is 9.47 Å². The minimum absolute atomic E-state index is 0.193. The smallest absolute Gasteiger partial charge is 0.343 e. The van der Waals surface area contributed by atoms with Gasteiger partial charge in [0.2, 0.25) is 0 Å². The van der Waals surface area contributed by atoms with E-state index in [-0.39, 0.29) is 16.9 Å². The highest BCUT2D eigenvalue weighted by atomic mass is 79.9. The number of esters is 2. The molecule has 0 heterocycles. The number of carbonyl (C=O) groups is 2. The summed E-state index contributed by atoms with van der Waals surface area (Å²) in [4.78, 5) is 24.2. The van der Waals surface area contributed by atoms with Crippen LogP contribution in [0.4, 0.5) is 4.39 Å². The zero-order valence-electron chi connectivity index (χ0n) is 13.8. The number of hydrogen-bond donors (Lipinski definition) is 0. The summed E-state index contributed by atoms with van der Waals surface area (Å²) in [7, 11) is 0. The van der Waals surface area contributed by atoms with E-state index >= 15 is 0 Å². The van der Waals surface area contributed by atoms with Gasteiger partial charge in [0.25, 0.3) is 0 Å². The summed E-state index contributed by atoms with van der Waals surface area (Å²) in [5.41, 5.74) is 0.489. The van der Waals surface area contributed by atoms with Gasteiger partial charge in [-0.05, 0) is 58.7 Å². The zero-order valence-corrected chi connectivity index (χ0v) is 15.3. The molecule has 0 unspecified atom stereocenters. The van der Waals surface area contributed by atoms with Gasteiger partial charge in [0.05, 0.1) is 22.2 Å². The first-order valence-electron chi connectivity index (χ1n) is 7.95. The van der Waals surface area contributed by atoms with Crippen LogP contribution in [0.1, 0.15) is 46.9 Å². The van der Waals surface area contributed by atoms with Gasteiger partial charge in [-0.25, -0.2) is 14.0 Å². The molecule has 2 aromatic rings. The van der Waals surface area contributed by atoms with Gasteiger partial charge in [-0.1, -0.05) is 25.8 Å². The first-order chi connectivity index (χ1) is 12.0. The highest BCUT2D eigenvalue weighted by Gasteiger charge is 2.14. The Labute approximate surface area is 154 Å². The van der Waals surface area contributed by atoms with Gasteiger partial charge >= 0.3 is 11.9 Å². The molecule has 6 heteroatoms. The van der Waals surface area contributed by atoms with Gasteiger partial charge in [-0.15, -0.1) is 0 Å². The van der Waals surface area contributed by atoms with E-state index in [2.05, 4.69) is 22.9 Å². The Bertz CT molecular complexity index is 761. The van der Waals surface area contributed by atoms with Crippen molar-refractivity contribution in [2.24, 2.45) is 0 Å². The molecule has 25 heavy (non-hydrogen) atoms. The van der Waals surface area contributed by atoms with Crippen LogP contribution < -0.4 is 4.74 Å². The molecule has 0 saturated heterocycles. The maximum Gasteiger partial charge on any atom is 0.343 e. The molecule has 0 bridgehead atoms. The van der Waals surface area contributed by atoms with Gasteiger partial charge in [0, 0.05) is 0 Å². The Kier molecular flexibility index (Phi) is 7.13. The molecule has 0 saturated carbocycles. The first kappa shape index (κ1) is 19.1. The molecule has 0 spiro atoms. The summed E-state index contributed by atoms with van der Waals surface area (Å²) in [6, 6.07) is 9.86. The average molecular weight is 409 g/mol. The molecular weight excluding hydrogens is 391 g/mol. The molecule has 0 radical (unpaired) electrons. The van der Waals surface area contributed by atoms with E-state index in [1.165, 1.54) is 30.3 Å². The number of ether oxygens (including phenoxy) is 2. The van der Waals surface area contributed by atoms with Gasteiger partial charge in [0.15, 0.2) is 0 Å². The normalized spacial score (nSPS) is 10.4. The van der Waals surface area contributed by atoms with Crippen LogP contribution in [0.15, 0.2) is 46.9 Å². The predicted octanol–water partition coefficient (Wildman–Crippen LogP) is 5.15. The fourth-order valence-electron chi connectivity index (χ4n) is 2.09. The largest absolute Gasteiger partial charge is 0.462 e. The van der Waals surface area contributed by atoms with Crippen molar-refractivity contribution in [3.05, 3.63) is 63.9 Å². The van der Waals surface area contributed by atoms with Gasteiger partial charge in [-0.2, -0.15) is 0 Å². The van der Waals surface area contributed by atoms with Crippen molar-refractivity contribution in [2.45, 2.75) is 26.2 Å². The molecule has 0 atom stereocenters. The van der Waals surface area contributed by atoms with Crippen molar-refractivity contribution in [3.63, 3.8) is 0 Å². The number of halogens is 2. The Morgan fingerprint density at radius 3 is 2.44 bits per heavy atom. The molecule has 0 fully saturated rings. The SMILES string of the molecule is CCCCCOC(=O)c1cccc(C(=O)Oc2ccc(F)cc2Br)c1. The Balaban J connectivity index is 2.04. The predicted molar refractivity (Wildman–Crippen MR) is 95.3 cm³/mol. The summed E-state index contributed by atoms with van der Waals surface area (Å²) < 4.78 is 23.8. The molecule has 0 aliphatic heterocycles. The third kappa shape index (κ3) is 5.67. The maximum absolute atomic E-state index is 13.1. The van der Waals surface area contributed by atoms with Crippen LogP contribution in [-0.2, 0) is 4.74 Å². The Morgan fingerprint density at radius 2 is 1.76 bits per heavy atom. The van der Waals surface area contributed by atoms with Crippen LogP contribution in [0.2, 0.25) is 0 Å². The lowest BCUT2D eigenvalue weighted by Crippen LogP contribution is -2.11. The summed E-state index contributed by atoms with van der Waals surface area (Å²) >= 11 is 3.14. The molecule has 0 aromatic heterocycles. The number of rotatable bonds is 7. The van der Waals surface area contributed by atoms with E-state index in [9.17, 15) is 14.0 Å². The second kappa shape index (κ2) is 9.32. The van der Waals surface area contributed by atoms with E-state index in [1.54, 1.807) is 12.1 Å². The topological polar surface area (TPSA) is 52.6 Å². The van der Waals surface area contributed by atoms with Crippen molar-refractivity contribution in [1.82, 2.24) is 0 Å². The summed E-state index contributed by atoms with van der Waals surface area (Å²) in [5.74, 6) is -1.37. The molecule has 132 valence electrons. The van der Waals surface area contributed by atoms with Crippen LogP contribution in [-0.4, -0.2) is 18.5 Å². The standard InChI is InChI=1S/C19H18BrFO4/c1-2-3-4-10-24-18(22)13-6-5-7-14(11-13)19(23)25-17-9-8-15(21)12-16(17)20/h5-9,11-12H,2-4,10H2,1H3. The van der Waals surface area contributed by atoms with Crippen molar-refractivity contribution in [1.29, 1.82) is 0 Å². The van der Waals surface area contributed by atoms with Crippen LogP contribution >= 0.6 is 15.9 Å². The molecule has 4 nitrogen and oxygen atoms in total. The van der Waals surface area contributed by atoms with E-state index in [0.29, 0.717) is 11.1 Å². The van der Waals surface area contributed by atoms with Crippen molar-refractivity contribution in [2.75, 3.05) is 6.61 Å². The van der Waals surface area contributed by atoms with Crippen LogP contribution in [0.3, 0.4) is 0 Å². The lowest BCUT2D eigenvalue weighted by molar-refractivity contribution is 0.0498. The van der Waals surface area contributed by atoms with E-state index in [1.807, 2.05) is 0 Å². The molecule has 0 aliphatic rings. The minimum atomic E-state index is -0.645. The number of unbranched alkanes of at least 4 members (excludes halogenated alkanes) is 2. The maximum atomic E-state index is 13.1. The first-order valence-corrected chi connectivity index (χ1v) is 8.75. The van der Waals surface area contributed by atoms with Gasteiger partial charge in [-0.3, -0.25) is 0 Å². The second-order valence-electron chi connectivity index (χ2n) is 5.39. The van der Waals surface area contributed by atoms with Crippen LogP contribution in [0.25, 0.3) is 0 Å². The quantitative estimate of drug-likeness (QED) is 0.360. The fourth-order valence-corrected chi connectivity index (χ4v) is 2.52. The third-order valence-corrected chi connectivity index (χ3v) is 4.03. The molecule has 0 N–H and O–H groups in total. The fraction of sp³-hybridized carbons (Fsp3) is 0.263. The van der Waals surface area contributed by atoms with E-state index < -0.39 is 17.8 Å². The van der Waals surface area contributed by atoms with E-state index in [0.717, 1.165) is 19.3 Å². The van der Waals surface area contributed by atoms with Crippen molar-refractivity contribution >= 4 is 27.9 Å². The van der Waals surface area contributed by atoms with Gasteiger partial charge in [0.1, 0.15) is 11.6 Å². The summed E-state index contributed by atoms with van der Waals surface area (Å²) in [6.07, 6.45) is 2.84. The average Bonchev–Trinajstić information content (AvgIpc) is 2.61. The molecule has 2 aromatic carbocycles. The molecule has 0 aliphatic carbocycles. The minimum Gasteiger partial charge on any atom is -0.462 e. The summed E-state index contributed by atoms with van der Waals surface area (Å²) in [5, 5.41) is 0. The van der Waals surface area contributed by atoms with Crippen LogP contribution in [0, 0.1) is 5.82 Å². The van der Waals surface area contributed by atoms with Gasteiger partial charge < -0.3 is 9.47 Å². The number of benzene rings is 2. The van der Waals surface area contributed by atoms with Crippen molar-refractivity contribution in [3.8, 4) is 5.75 Å². The summed E-state index contributed by atoms with van der Waals surface area (Å²) in [6.45, 7) is 2.42. The highest BCUT2D eigenvalue weighted by Crippen LogP contribution is 2.26. The molecular formula is C19H18BrFO4. The van der Waals surface area contributed by atoms with Crippen molar-refractivity contribution < 1.29 is 23.5 Å². The number of carbonyl (C=O) groups excluding carboxylic acids is 2. The molecule has 2 rings (SSSR count). The lowest BCUT2D eigenvalue weighted by Gasteiger charge is -2.08. The Hall–Kier alpha value is -2.21. The Morgan fingerprint density at radius 1 is 1.04 bits per heavy atom. The van der Waals surface area contributed by atoms with Crippen LogP contribution in [0.5, 0.6) is 5.75 Å². The third-order valence-electron chi connectivity index (χ3n) is 3.41. The highest BCUT2D eigenvalue weighted by molar-refractivity contribution is 9.10.